The van der Waals surface area contributed by atoms with E-state index >= 15 is 0 Å². The summed E-state index contributed by atoms with van der Waals surface area (Å²) in [7, 11) is 1.59. The van der Waals surface area contributed by atoms with Crippen molar-refractivity contribution in [1.82, 2.24) is 19.8 Å². The molecule has 6 heteroatoms. The van der Waals surface area contributed by atoms with Gasteiger partial charge in [-0.1, -0.05) is 12.1 Å². The van der Waals surface area contributed by atoms with E-state index in [1.165, 1.54) is 27.8 Å². The molecule has 1 saturated carbocycles. The van der Waals surface area contributed by atoms with E-state index in [1.807, 2.05) is 12.1 Å². The third-order valence-corrected chi connectivity index (χ3v) is 3.84. The smallest absolute Gasteiger partial charge is 0.244 e. The Morgan fingerprint density at radius 1 is 1.35 bits per heavy atom. The first-order chi connectivity index (χ1) is 8.18. The van der Waals surface area contributed by atoms with Crippen molar-refractivity contribution in [3.8, 4) is 5.69 Å². The molecule has 1 aromatic heterocycles. The largest absolute Gasteiger partial charge is 0.368 e. The maximum Gasteiger partial charge on any atom is 0.368 e. The van der Waals surface area contributed by atoms with Crippen molar-refractivity contribution in [2.45, 2.75) is 18.8 Å². The molecule has 1 aliphatic carbocycles. The molecule has 0 amide bonds. The summed E-state index contributed by atoms with van der Waals surface area (Å²) in [5, 5.41) is 7.57. The minimum absolute atomic E-state index is 0.237. The van der Waals surface area contributed by atoms with Crippen LogP contribution in [0.2, 0.25) is 0 Å². The predicted molar refractivity (Wildman–Crippen MR) is 66.3 cm³/mol. The molecule has 0 radical (unpaired) electrons. The lowest BCUT2D eigenvalue weighted by Gasteiger charge is -2.07. The van der Waals surface area contributed by atoms with Crippen LogP contribution < -0.4 is 5.69 Å². The highest BCUT2D eigenvalue weighted by Crippen LogP contribution is 2.44. The van der Waals surface area contributed by atoms with Gasteiger partial charge in [-0.05, 0) is 56.7 Å². The fourth-order valence-electron chi connectivity index (χ4n) is 1.88. The zero-order chi connectivity index (χ0) is 12.0. The third-order valence-electron chi connectivity index (χ3n) is 2.98. The van der Waals surface area contributed by atoms with Crippen molar-refractivity contribution in [1.29, 1.82) is 0 Å². The second-order valence-corrected chi connectivity index (χ2v) is 5.04. The van der Waals surface area contributed by atoms with Gasteiger partial charge in [0.05, 0.1) is 5.69 Å². The predicted octanol–water partition coefficient (Wildman–Crippen LogP) is 1.61. The van der Waals surface area contributed by atoms with Gasteiger partial charge in [0.25, 0.3) is 0 Å². The molecule has 88 valence electrons. The van der Waals surface area contributed by atoms with Crippen molar-refractivity contribution >= 4 is 15.9 Å². The van der Waals surface area contributed by atoms with E-state index in [1.54, 1.807) is 7.05 Å². The molecule has 5 nitrogen and oxygen atoms in total. The molecule has 0 unspecified atom stereocenters. The second kappa shape index (κ2) is 3.80. The highest BCUT2D eigenvalue weighted by atomic mass is 79.9. The van der Waals surface area contributed by atoms with Gasteiger partial charge in [-0.25, -0.2) is 4.79 Å². The van der Waals surface area contributed by atoms with Crippen LogP contribution in [0.15, 0.2) is 27.5 Å². The minimum atomic E-state index is -0.237. The summed E-state index contributed by atoms with van der Waals surface area (Å²) < 4.78 is 3.48. The molecule has 1 aliphatic rings. The summed E-state index contributed by atoms with van der Waals surface area (Å²) >= 11 is 3.57. The van der Waals surface area contributed by atoms with Crippen molar-refractivity contribution in [3.05, 3.63) is 38.7 Å². The van der Waals surface area contributed by atoms with Crippen LogP contribution >= 0.6 is 15.9 Å². The molecule has 0 bridgehead atoms. The van der Waals surface area contributed by atoms with Crippen LogP contribution in [-0.4, -0.2) is 19.8 Å². The summed E-state index contributed by atoms with van der Waals surface area (Å²) in [6.07, 6.45) is 2.44. The summed E-state index contributed by atoms with van der Waals surface area (Å²) in [4.78, 5) is 11.8. The quantitative estimate of drug-likeness (QED) is 0.845. The first-order valence-corrected chi connectivity index (χ1v) is 6.25. The Kier molecular flexibility index (Phi) is 2.39. The lowest BCUT2D eigenvalue weighted by atomic mass is 10.1. The van der Waals surface area contributed by atoms with E-state index < -0.39 is 0 Å². The summed E-state index contributed by atoms with van der Waals surface area (Å²) in [6, 6.07) is 5.91. The number of nitrogens with zero attached hydrogens (tertiary/aromatic N) is 4. The molecule has 0 saturated heterocycles. The van der Waals surface area contributed by atoms with E-state index in [2.05, 4.69) is 32.4 Å². The minimum Gasteiger partial charge on any atom is -0.244 e. The van der Waals surface area contributed by atoms with Crippen LogP contribution in [-0.2, 0) is 7.05 Å². The summed E-state index contributed by atoms with van der Waals surface area (Å²) in [5.74, 6) is 0.622. The van der Waals surface area contributed by atoms with Gasteiger partial charge in [0.2, 0.25) is 0 Å². The van der Waals surface area contributed by atoms with Gasteiger partial charge in [-0.3, -0.25) is 0 Å². The molecule has 1 fully saturated rings. The van der Waals surface area contributed by atoms with Gasteiger partial charge < -0.3 is 0 Å². The summed E-state index contributed by atoms with van der Waals surface area (Å²) in [6.45, 7) is 0. The topological polar surface area (TPSA) is 52.7 Å². The number of hydrogen-bond acceptors (Lipinski definition) is 3. The third kappa shape index (κ3) is 1.72. The molecular weight excluding hydrogens is 284 g/mol. The molecule has 0 N–H and O–H groups in total. The molecule has 2 aromatic rings. The van der Waals surface area contributed by atoms with Crippen LogP contribution in [0.3, 0.4) is 0 Å². The average molecular weight is 295 g/mol. The Bertz CT molecular complexity index is 627. The molecular formula is C11H11BrN4O. The Morgan fingerprint density at radius 2 is 2.12 bits per heavy atom. The maximum atomic E-state index is 11.8. The number of benzene rings is 1. The van der Waals surface area contributed by atoms with Crippen molar-refractivity contribution < 1.29 is 0 Å². The van der Waals surface area contributed by atoms with Crippen LogP contribution in [0.4, 0.5) is 0 Å². The number of rotatable bonds is 2. The molecule has 3 rings (SSSR count). The van der Waals surface area contributed by atoms with Crippen LogP contribution in [0.25, 0.3) is 5.69 Å². The van der Waals surface area contributed by atoms with Gasteiger partial charge in [0.15, 0.2) is 0 Å². The molecule has 17 heavy (non-hydrogen) atoms. The maximum absolute atomic E-state index is 11.8. The van der Waals surface area contributed by atoms with E-state index in [-0.39, 0.29) is 5.69 Å². The lowest BCUT2D eigenvalue weighted by Crippen LogP contribution is -2.22. The van der Waals surface area contributed by atoms with Crippen molar-refractivity contribution in [2.24, 2.45) is 7.05 Å². The van der Waals surface area contributed by atoms with Gasteiger partial charge in [0.1, 0.15) is 0 Å². The lowest BCUT2D eigenvalue weighted by molar-refractivity contribution is 0.692. The van der Waals surface area contributed by atoms with Gasteiger partial charge in [-0.15, -0.1) is 0 Å². The van der Waals surface area contributed by atoms with E-state index in [9.17, 15) is 4.79 Å². The Balaban J connectivity index is 2.18. The van der Waals surface area contributed by atoms with Crippen LogP contribution in [0.5, 0.6) is 0 Å². The second-order valence-electron chi connectivity index (χ2n) is 4.25. The Hall–Kier alpha value is -1.43. The van der Waals surface area contributed by atoms with Crippen LogP contribution in [0.1, 0.15) is 24.3 Å². The zero-order valence-corrected chi connectivity index (χ0v) is 10.9. The van der Waals surface area contributed by atoms with E-state index in [4.69, 9.17) is 0 Å². The molecule has 0 spiro atoms. The normalized spacial score (nSPS) is 15.2. The fraction of sp³-hybridized carbons (Fsp3) is 0.364. The van der Waals surface area contributed by atoms with Gasteiger partial charge in [-0.2, -0.15) is 9.36 Å². The van der Waals surface area contributed by atoms with Crippen LogP contribution in [0, 0.1) is 0 Å². The highest BCUT2D eigenvalue weighted by Gasteiger charge is 2.27. The zero-order valence-electron chi connectivity index (χ0n) is 9.30. The first kappa shape index (κ1) is 10.7. The molecule has 0 atom stereocenters. The Labute approximate surface area is 106 Å². The highest BCUT2D eigenvalue weighted by molar-refractivity contribution is 9.10. The first-order valence-electron chi connectivity index (χ1n) is 5.46. The number of tetrazole rings is 1. The van der Waals surface area contributed by atoms with Gasteiger partial charge in [0, 0.05) is 11.5 Å². The molecule has 0 aliphatic heterocycles. The van der Waals surface area contributed by atoms with Crippen molar-refractivity contribution in [2.75, 3.05) is 0 Å². The molecule has 1 aromatic carbocycles. The molecule has 1 heterocycles. The van der Waals surface area contributed by atoms with E-state index in [0.29, 0.717) is 5.92 Å². The van der Waals surface area contributed by atoms with E-state index in [0.717, 1.165) is 10.2 Å². The number of halogens is 1. The SMILES string of the molecule is Cn1nnn(-c2cccc(C3CC3)c2Br)c1=O. The average Bonchev–Trinajstić information content (AvgIpc) is 3.10. The van der Waals surface area contributed by atoms with Crippen molar-refractivity contribution in [3.63, 3.8) is 0 Å². The summed E-state index contributed by atoms with van der Waals surface area (Å²) in [5.41, 5.74) is 1.77. The Morgan fingerprint density at radius 3 is 2.71 bits per heavy atom. The standard InChI is InChI=1S/C11H11BrN4O/c1-15-11(17)16(14-13-15)9-4-2-3-8(10(9)12)7-5-6-7/h2-4,7H,5-6H2,1H3. The number of aryl methyl sites for hydroxylation is 1. The number of aromatic nitrogens is 4. The monoisotopic (exact) mass is 294 g/mol. The fourth-order valence-corrected chi connectivity index (χ4v) is 2.63. The van der Waals surface area contributed by atoms with Gasteiger partial charge >= 0.3 is 5.69 Å². The number of hydrogen-bond donors (Lipinski definition) is 0.